The van der Waals surface area contributed by atoms with Gasteiger partial charge in [0.1, 0.15) is 18.6 Å². The summed E-state index contributed by atoms with van der Waals surface area (Å²) in [5.74, 6) is 0.798. The van der Waals surface area contributed by atoms with E-state index >= 15 is 0 Å². The van der Waals surface area contributed by atoms with E-state index in [1.165, 1.54) is 0 Å². The molecule has 2 aromatic rings. The quantitative estimate of drug-likeness (QED) is 0.778. The Morgan fingerprint density at radius 3 is 2.47 bits per heavy atom. The molecule has 3 heteroatoms. The highest BCUT2D eigenvalue weighted by Crippen LogP contribution is 2.33. The maximum absolute atomic E-state index is 11.0. The largest absolute Gasteiger partial charge is 0.487 e. The molecule has 0 unspecified atom stereocenters. The highest BCUT2D eigenvalue weighted by atomic mass is 79.9. The maximum atomic E-state index is 11.0. The number of hydrogen-bond acceptors (Lipinski definition) is 2. The molecule has 0 bridgehead atoms. The maximum Gasteiger partial charge on any atom is 0.150 e. The van der Waals surface area contributed by atoms with Gasteiger partial charge < -0.3 is 4.74 Å². The molecule has 0 saturated carbocycles. The third-order valence-electron chi connectivity index (χ3n) is 3.19. The third-order valence-corrected chi connectivity index (χ3v) is 3.78. The molecule has 0 aromatic heterocycles. The van der Waals surface area contributed by atoms with Crippen LogP contribution in [-0.4, -0.2) is 6.29 Å². The van der Waals surface area contributed by atoms with Crippen molar-refractivity contribution in [2.45, 2.75) is 20.5 Å². The van der Waals surface area contributed by atoms with E-state index in [2.05, 4.69) is 15.9 Å². The minimum absolute atomic E-state index is 0.514. The molecule has 0 saturated heterocycles. The molecule has 0 aliphatic carbocycles. The topological polar surface area (TPSA) is 26.3 Å². The molecule has 2 nitrogen and oxygen atoms in total. The molecule has 2 rings (SSSR count). The summed E-state index contributed by atoms with van der Waals surface area (Å²) in [5, 5.41) is 0. The van der Waals surface area contributed by atoms with E-state index in [1.807, 2.05) is 44.2 Å². The Kier molecular flexibility index (Phi) is 4.38. The van der Waals surface area contributed by atoms with Gasteiger partial charge in [0, 0.05) is 5.56 Å². The number of benzene rings is 2. The van der Waals surface area contributed by atoms with Gasteiger partial charge in [-0.15, -0.1) is 0 Å². The summed E-state index contributed by atoms with van der Waals surface area (Å²) in [6, 6.07) is 11.8. The van der Waals surface area contributed by atoms with Gasteiger partial charge in [0.2, 0.25) is 0 Å². The molecule has 0 aliphatic heterocycles. The van der Waals surface area contributed by atoms with Crippen molar-refractivity contribution in [2.24, 2.45) is 0 Å². The van der Waals surface area contributed by atoms with Crippen LogP contribution in [0, 0.1) is 13.8 Å². The number of carbonyl (C=O) groups is 1. The number of rotatable bonds is 4. The minimum Gasteiger partial charge on any atom is -0.487 e. The first-order valence-electron chi connectivity index (χ1n) is 6.05. The lowest BCUT2D eigenvalue weighted by atomic mass is 10.0. The lowest BCUT2D eigenvalue weighted by Gasteiger charge is -2.14. The van der Waals surface area contributed by atoms with Gasteiger partial charge in [0.25, 0.3) is 0 Å². The van der Waals surface area contributed by atoms with E-state index < -0.39 is 0 Å². The van der Waals surface area contributed by atoms with Gasteiger partial charge in [0.15, 0.2) is 0 Å². The zero-order chi connectivity index (χ0) is 13.8. The molecule has 0 atom stereocenters. The lowest BCUT2D eigenvalue weighted by molar-refractivity contribution is 0.112. The molecule has 0 heterocycles. The van der Waals surface area contributed by atoms with Crippen molar-refractivity contribution in [2.75, 3.05) is 0 Å². The average molecular weight is 319 g/mol. The number of ether oxygens (including phenoxy) is 1. The lowest BCUT2D eigenvalue weighted by Crippen LogP contribution is -2.01. The van der Waals surface area contributed by atoms with Crippen LogP contribution in [0.5, 0.6) is 5.75 Å². The van der Waals surface area contributed by atoms with Gasteiger partial charge in [-0.1, -0.05) is 30.3 Å². The molecule has 0 amide bonds. The van der Waals surface area contributed by atoms with Gasteiger partial charge in [-0.05, 0) is 52.5 Å². The minimum atomic E-state index is 0.514. The highest BCUT2D eigenvalue weighted by Gasteiger charge is 2.12. The molecule has 0 radical (unpaired) electrons. The van der Waals surface area contributed by atoms with Gasteiger partial charge >= 0.3 is 0 Å². The second-order valence-electron chi connectivity index (χ2n) is 4.42. The van der Waals surface area contributed by atoms with Crippen molar-refractivity contribution in [1.29, 1.82) is 0 Å². The van der Waals surface area contributed by atoms with Crippen LogP contribution in [-0.2, 0) is 6.61 Å². The van der Waals surface area contributed by atoms with Crippen molar-refractivity contribution < 1.29 is 9.53 Å². The zero-order valence-corrected chi connectivity index (χ0v) is 12.5. The molecule has 19 heavy (non-hydrogen) atoms. The average Bonchev–Trinajstić information content (AvgIpc) is 2.44. The Bertz CT molecular complexity index is 591. The molecule has 0 aliphatic rings. The summed E-state index contributed by atoms with van der Waals surface area (Å²) in [7, 11) is 0. The van der Waals surface area contributed by atoms with Gasteiger partial charge in [-0.25, -0.2) is 0 Å². The summed E-state index contributed by atoms with van der Waals surface area (Å²) in [5.41, 5.74) is 3.76. The SMILES string of the molecule is Cc1c(C=O)cc(Br)c(OCc2ccccc2)c1C. The molecule has 2 aromatic carbocycles. The summed E-state index contributed by atoms with van der Waals surface area (Å²) in [6.45, 7) is 4.41. The summed E-state index contributed by atoms with van der Waals surface area (Å²) < 4.78 is 6.68. The van der Waals surface area contributed by atoms with E-state index in [1.54, 1.807) is 6.07 Å². The van der Waals surface area contributed by atoms with Crippen molar-refractivity contribution >= 4 is 22.2 Å². The van der Waals surface area contributed by atoms with Crippen molar-refractivity contribution in [3.8, 4) is 5.75 Å². The Balaban J connectivity index is 2.26. The van der Waals surface area contributed by atoms with E-state index in [0.717, 1.165) is 33.2 Å². The first kappa shape index (κ1) is 13.8. The van der Waals surface area contributed by atoms with Crippen LogP contribution in [0.25, 0.3) is 0 Å². The second-order valence-corrected chi connectivity index (χ2v) is 5.27. The third kappa shape index (κ3) is 3.04. The molecule has 98 valence electrons. The van der Waals surface area contributed by atoms with E-state index in [-0.39, 0.29) is 0 Å². The Labute approximate surface area is 121 Å². The van der Waals surface area contributed by atoms with Gasteiger partial charge in [-0.2, -0.15) is 0 Å². The fourth-order valence-corrected chi connectivity index (χ4v) is 2.56. The normalized spacial score (nSPS) is 10.3. The Morgan fingerprint density at radius 2 is 1.84 bits per heavy atom. The standard InChI is InChI=1S/C16H15BrO2/c1-11-12(2)16(15(17)8-14(11)9-18)19-10-13-6-4-3-5-7-13/h3-9H,10H2,1-2H3. The number of carbonyl (C=O) groups excluding carboxylic acids is 1. The van der Waals surface area contributed by atoms with Crippen molar-refractivity contribution in [3.63, 3.8) is 0 Å². The van der Waals surface area contributed by atoms with Crippen LogP contribution in [0.15, 0.2) is 40.9 Å². The predicted molar refractivity (Wildman–Crippen MR) is 79.8 cm³/mol. The second kappa shape index (κ2) is 6.02. The van der Waals surface area contributed by atoms with E-state index in [0.29, 0.717) is 12.2 Å². The van der Waals surface area contributed by atoms with Crippen LogP contribution in [0.1, 0.15) is 27.0 Å². The van der Waals surface area contributed by atoms with Crippen LogP contribution >= 0.6 is 15.9 Å². The summed E-state index contributed by atoms with van der Waals surface area (Å²) in [6.07, 6.45) is 0.869. The van der Waals surface area contributed by atoms with E-state index in [9.17, 15) is 4.79 Å². The van der Waals surface area contributed by atoms with Crippen molar-refractivity contribution in [3.05, 3.63) is 63.1 Å². The first-order valence-corrected chi connectivity index (χ1v) is 6.84. The van der Waals surface area contributed by atoms with Crippen LogP contribution in [0.3, 0.4) is 0 Å². The Morgan fingerprint density at radius 1 is 1.16 bits per heavy atom. The molecule has 0 spiro atoms. The predicted octanol–water partition coefficient (Wildman–Crippen LogP) is 4.46. The fourth-order valence-electron chi connectivity index (χ4n) is 1.91. The summed E-state index contributed by atoms with van der Waals surface area (Å²) >= 11 is 3.46. The van der Waals surface area contributed by atoms with Gasteiger partial charge in [0.05, 0.1) is 4.47 Å². The molecule has 0 N–H and O–H groups in total. The monoisotopic (exact) mass is 318 g/mol. The van der Waals surface area contributed by atoms with E-state index in [4.69, 9.17) is 4.74 Å². The number of hydrogen-bond donors (Lipinski definition) is 0. The highest BCUT2D eigenvalue weighted by molar-refractivity contribution is 9.10. The summed E-state index contributed by atoms with van der Waals surface area (Å²) in [4.78, 5) is 11.0. The number of halogens is 1. The van der Waals surface area contributed by atoms with Crippen LogP contribution in [0.4, 0.5) is 0 Å². The zero-order valence-electron chi connectivity index (χ0n) is 10.9. The smallest absolute Gasteiger partial charge is 0.150 e. The van der Waals surface area contributed by atoms with Crippen LogP contribution in [0.2, 0.25) is 0 Å². The molecular formula is C16H15BrO2. The van der Waals surface area contributed by atoms with Gasteiger partial charge in [-0.3, -0.25) is 4.79 Å². The fraction of sp³-hybridized carbons (Fsp3) is 0.188. The van der Waals surface area contributed by atoms with Crippen molar-refractivity contribution in [1.82, 2.24) is 0 Å². The Hall–Kier alpha value is -1.61. The molecular weight excluding hydrogens is 304 g/mol. The van der Waals surface area contributed by atoms with Crippen LogP contribution < -0.4 is 4.74 Å². The molecule has 0 fully saturated rings. The number of aldehydes is 1. The first-order chi connectivity index (χ1) is 9.13.